The number of nitrogens with one attached hydrogen (secondary N) is 1. The monoisotopic (exact) mass is 544 g/mol. The van der Waals surface area contributed by atoms with Gasteiger partial charge in [-0.1, -0.05) is 41.4 Å². The van der Waals surface area contributed by atoms with E-state index >= 15 is 0 Å². The van der Waals surface area contributed by atoms with Crippen molar-refractivity contribution in [1.82, 2.24) is 0 Å². The lowest BCUT2D eigenvalue weighted by Crippen LogP contribution is -2.13. The highest BCUT2D eigenvalue weighted by atomic mass is 79.9. The molecule has 3 aromatic carbocycles. The van der Waals surface area contributed by atoms with Crippen LogP contribution in [0.5, 0.6) is 11.5 Å². The van der Waals surface area contributed by atoms with Crippen molar-refractivity contribution in [2.45, 2.75) is 13.5 Å². The molecule has 0 atom stereocenters. The first-order valence-electron chi connectivity index (χ1n) is 9.74. The van der Waals surface area contributed by atoms with Crippen LogP contribution in [-0.2, 0) is 11.4 Å². The minimum absolute atomic E-state index is 0.0736. The van der Waals surface area contributed by atoms with Gasteiger partial charge in [-0.15, -0.1) is 0 Å². The Morgan fingerprint density at radius 2 is 1.88 bits per heavy atom. The van der Waals surface area contributed by atoms with Crippen LogP contribution in [0.4, 0.5) is 5.69 Å². The summed E-state index contributed by atoms with van der Waals surface area (Å²) in [5.74, 6) is 0.407. The summed E-state index contributed by atoms with van der Waals surface area (Å²) >= 11 is 15.5. The molecule has 0 saturated carbocycles. The Morgan fingerprint density at radius 3 is 2.52 bits per heavy atom. The van der Waals surface area contributed by atoms with Crippen LogP contribution in [0.3, 0.4) is 0 Å². The Bertz CT molecular complexity index is 1250. The molecule has 0 aliphatic heterocycles. The predicted octanol–water partition coefficient (Wildman–Crippen LogP) is 7.20. The van der Waals surface area contributed by atoms with Crippen LogP contribution >= 0.6 is 39.1 Å². The molecular formula is C25H19BrCl2N2O3. The summed E-state index contributed by atoms with van der Waals surface area (Å²) in [6.45, 7) is 2.18. The first-order chi connectivity index (χ1) is 15.8. The van der Waals surface area contributed by atoms with Crippen molar-refractivity contribution in [2.24, 2.45) is 0 Å². The van der Waals surface area contributed by atoms with E-state index in [4.69, 9.17) is 32.7 Å². The summed E-state index contributed by atoms with van der Waals surface area (Å²) in [6, 6.07) is 17.8. The van der Waals surface area contributed by atoms with Crippen LogP contribution in [0.2, 0.25) is 10.0 Å². The van der Waals surface area contributed by atoms with Crippen molar-refractivity contribution in [3.63, 3.8) is 0 Å². The molecule has 0 aliphatic rings. The number of nitrogens with zero attached hydrogens (tertiary/aromatic N) is 1. The number of amides is 1. The molecule has 0 unspecified atom stereocenters. The van der Waals surface area contributed by atoms with Gasteiger partial charge in [-0.05, 0) is 82.0 Å². The summed E-state index contributed by atoms with van der Waals surface area (Å²) in [5, 5.41) is 13.4. The van der Waals surface area contributed by atoms with Crippen LogP contribution in [0.25, 0.3) is 6.08 Å². The molecule has 3 aromatic rings. The lowest BCUT2D eigenvalue weighted by Gasteiger charge is -2.14. The van der Waals surface area contributed by atoms with E-state index in [0.29, 0.717) is 43.9 Å². The average molecular weight is 546 g/mol. The molecular weight excluding hydrogens is 527 g/mol. The number of carbonyl (C=O) groups excluding carboxylic acids is 1. The fourth-order valence-corrected chi connectivity index (χ4v) is 3.76. The van der Waals surface area contributed by atoms with Crippen molar-refractivity contribution in [3.05, 3.63) is 91.4 Å². The van der Waals surface area contributed by atoms with Gasteiger partial charge in [-0.3, -0.25) is 4.79 Å². The molecule has 3 rings (SSSR count). The molecule has 0 spiro atoms. The summed E-state index contributed by atoms with van der Waals surface area (Å²) in [6.07, 6.45) is 1.47. The molecule has 5 nitrogen and oxygen atoms in total. The standard InChI is InChI=1S/C25H19BrCl2N2O3/c1-15-3-8-20(12-22(15)28)30-25(31)18(13-29)9-17-10-21(26)24(23(11-17)32-2)33-14-16-4-6-19(27)7-5-16/h3-12H,14H2,1-2H3,(H,30,31)/b18-9-. The molecule has 8 heteroatoms. The van der Waals surface area contributed by atoms with Gasteiger partial charge < -0.3 is 14.8 Å². The maximum absolute atomic E-state index is 12.6. The summed E-state index contributed by atoms with van der Waals surface area (Å²) in [5.41, 5.74) is 2.85. The number of carbonyl (C=O) groups is 1. The normalized spacial score (nSPS) is 11.0. The largest absolute Gasteiger partial charge is 0.493 e. The van der Waals surface area contributed by atoms with Gasteiger partial charge in [-0.25, -0.2) is 0 Å². The van der Waals surface area contributed by atoms with Gasteiger partial charge in [0.2, 0.25) is 0 Å². The van der Waals surface area contributed by atoms with Crippen LogP contribution < -0.4 is 14.8 Å². The maximum Gasteiger partial charge on any atom is 0.266 e. The quantitative estimate of drug-likeness (QED) is 0.252. The number of methoxy groups -OCH3 is 1. The fraction of sp³-hybridized carbons (Fsp3) is 0.120. The third kappa shape index (κ3) is 6.52. The first kappa shape index (κ1) is 24.7. The van der Waals surface area contributed by atoms with E-state index in [1.807, 2.05) is 25.1 Å². The summed E-state index contributed by atoms with van der Waals surface area (Å²) < 4.78 is 12.0. The maximum atomic E-state index is 12.6. The van der Waals surface area contributed by atoms with E-state index in [9.17, 15) is 10.1 Å². The highest BCUT2D eigenvalue weighted by Gasteiger charge is 2.15. The van der Waals surface area contributed by atoms with Crippen molar-refractivity contribution < 1.29 is 14.3 Å². The first-order valence-corrected chi connectivity index (χ1v) is 11.3. The summed E-state index contributed by atoms with van der Waals surface area (Å²) in [4.78, 5) is 12.6. The topological polar surface area (TPSA) is 71.3 Å². The number of anilines is 1. The molecule has 0 heterocycles. The minimum Gasteiger partial charge on any atom is -0.493 e. The number of halogens is 3. The second-order valence-corrected chi connectivity index (χ2v) is 8.74. The Morgan fingerprint density at radius 1 is 1.15 bits per heavy atom. The van der Waals surface area contributed by atoms with Crippen LogP contribution in [0.1, 0.15) is 16.7 Å². The smallest absolute Gasteiger partial charge is 0.266 e. The predicted molar refractivity (Wildman–Crippen MR) is 135 cm³/mol. The van der Waals surface area contributed by atoms with E-state index in [2.05, 4.69) is 21.2 Å². The number of hydrogen-bond donors (Lipinski definition) is 1. The molecule has 1 N–H and O–H groups in total. The third-order valence-electron chi connectivity index (χ3n) is 4.65. The average Bonchev–Trinajstić information content (AvgIpc) is 2.79. The Hall–Kier alpha value is -2.98. The van der Waals surface area contributed by atoms with Crippen LogP contribution in [0.15, 0.2) is 64.6 Å². The van der Waals surface area contributed by atoms with Crippen molar-refractivity contribution in [3.8, 4) is 17.6 Å². The molecule has 0 fully saturated rings. The number of rotatable bonds is 7. The van der Waals surface area contributed by atoms with Gasteiger partial charge in [0, 0.05) is 15.7 Å². The summed E-state index contributed by atoms with van der Waals surface area (Å²) in [7, 11) is 1.52. The minimum atomic E-state index is -0.546. The second-order valence-electron chi connectivity index (χ2n) is 7.04. The molecule has 168 valence electrons. The Balaban J connectivity index is 1.81. The van der Waals surface area contributed by atoms with Gasteiger partial charge in [-0.2, -0.15) is 5.26 Å². The van der Waals surface area contributed by atoms with Crippen LogP contribution in [-0.4, -0.2) is 13.0 Å². The lowest BCUT2D eigenvalue weighted by molar-refractivity contribution is -0.112. The van der Waals surface area contributed by atoms with Crippen molar-refractivity contribution in [2.75, 3.05) is 12.4 Å². The Labute approximate surface area is 210 Å². The zero-order chi connectivity index (χ0) is 24.0. The van der Waals surface area contributed by atoms with E-state index in [1.165, 1.54) is 13.2 Å². The second kappa shape index (κ2) is 11.2. The third-order valence-corrected chi connectivity index (χ3v) is 5.90. The van der Waals surface area contributed by atoms with Gasteiger partial charge in [0.25, 0.3) is 5.91 Å². The van der Waals surface area contributed by atoms with Gasteiger partial charge in [0.1, 0.15) is 18.2 Å². The van der Waals surface area contributed by atoms with Gasteiger partial charge in [0.15, 0.2) is 11.5 Å². The number of aryl methyl sites for hydroxylation is 1. The van der Waals surface area contributed by atoms with E-state index in [0.717, 1.165) is 11.1 Å². The van der Waals surface area contributed by atoms with Crippen molar-refractivity contribution in [1.29, 1.82) is 5.26 Å². The van der Waals surface area contributed by atoms with Gasteiger partial charge in [0.05, 0.1) is 11.6 Å². The van der Waals surface area contributed by atoms with E-state index < -0.39 is 5.91 Å². The number of benzene rings is 3. The number of hydrogen-bond acceptors (Lipinski definition) is 4. The highest BCUT2D eigenvalue weighted by molar-refractivity contribution is 9.10. The van der Waals surface area contributed by atoms with Gasteiger partial charge >= 0.3 is 0 Å². The number of nitriles is 1. The molecule has 0 saturated heterocycles. The molecule has 0 bridgehead atoms. The Kier molecular flexibility index (Phi) is 8.40. The molecule has 1 amide bonds. The lowest BCUT2D eigenvalue weighted by atomic mass is 10.1. The van der Waals surface area contributed by atoms with Crippen LogP contribution in [0, 0.1) is 18.3 Å². The SMILES string of the molecule is COc1cc(/C=C(/C#N)C(=O)Nc2ccc(C)c(Cl)c2)cc(Br)c1OCc1ccc(Cl)cc1. The molecule has 0 aliphatic carbocycles. The zero-order valence-electron chi connectivity index (χ0n) is 17.8. The molecule has 0 radical (unpaired) electrons. The fourth-order valence-electron chi connectivity index (χ4n) is 2.88. The zero-order valence-corrected chi connectivity index (χ0v) is 20.9. The highest BCUT2D eigenvalue weighted by Crippen LogP contribution is 2.38. The molecule has 33 heavy (non-hydrogen) atoms. The van der Waals surface area contributed by atoms with Crippen molar-refractivity contribution >= 4 is 56.8 Å². The number of ether oxygens (including phenoxy) is 2. The molecule has 0 aromatic heterocycles. The van der Waals surface area contributed by atoms with E-state index in [1.54, 1.807) is 42.5 Å². The van der Waals surface area contributed by atoms with E-state index in [-0.39, 0.29) is 5.57 Å².